The van der Waals surface area contributed by atoms with Crippen molar-refractivity contribution in [2.24, 2.45) is 5.73 Å². The number of nitrogens with zero attached hydrogens (tertiary/aromatic N) is 1. The van der Waals surface area contributed by atoms with Crippen molar-refractivity contribution in [3.05, 3.63) is 69.4 Å². The van der Waals surface area contributed by atoms with Crippen LogP contribution in [0.15, 0.2) is 46.9 Å². The third-order valence-corrected chi connectivity index (χ3v) is 3.91. The Morgan fingerprint density at radius 3 is 2.43 bits per heavy atom. The summed E-state index contributed by atoms with van der Waals surface area (Å²) in [6, 6.07) is 13.0. The van der Waals surface area contributed by atoms with E-state index in [1.807, 2.05) is 31.3 Å². The number of thiocarbonyl (C=S) groups is 1. The third-order valence-electron chi connectivity index (χ3n) is 3.14. The molecule has 0 unspecified atom stereocenters. The van der Waals surface area contributed by atoms with E-state index in [1.54, 1.807) is 12.1 Å². The molecule has 0 heterocycles. The highest BCUT2D eigenvalue weighted by Crippen LogP contribution is 2.15. The maximum atomic E-state index is 14.0. The van der Waals surface area contributed by atoms with E-state index in [-0.39, 0.29) is 10.8 Å². The Balaban J connectivity index is 2.04. The van der Waals surface area contributed by atoms with Crippen molar-refractivity contribution in [3.8, 4) is 0 Å². The lowest BCUT2D eigenvalue weighted by Crippen LogP contribution is -2.18. The van der Waals surface area contributed by atoms with Gasteiger partial charge in [-0.15, -0.1) is 0 Å². The first-order valence-electron chi connectivity index (χ1n) is 6.47. The molecule has 2 N–H and O–H groups in total. The molecular weight excluding hydrogens is 351 g/mol. The van der Waals surface area contributed by atoms with Gasteiger partial charge >= 0.3 is 0 Å². The number of halogens is 2. The largest absolute Gasteiger partial charge is 0.389 e. The van der Waals surface area contributed by atoms with Gasteiger partial charge in [-0.25, -0.2) is 4.39 Å². The van der Waals surface area contributed by atoms with Crippen LogP contribution in [0.1, 0.15) is 16.7 Å². The summed E-state index contributed by atoms with van der Waals surface area (Å²) in [5, 5.41) is 0. The maximum absolute atomic E-state index is 14.0. The first-order valence-corrected chi connectivity index (χ1v) is 7.67. The van der Waals surface area contributed by atoms with Crippen LogP contribution in [0.4, 0.5) is 4.39 Å². The van der Waals surface area contributed by atoms with Gasteiger partial charge in [0, 0.05) is 28.7 Å². The standard InChI is InChI=1S/C16H16BrFN2S/c1-20(9-11-2-6-14(17)7-3-11)10-13-5-4-12(16(19)21)8-15(13)18/h2-8H,9-10H2,1H3,(H2,19,21). The van der Waals surface area contributed by atoms with Crippen LogP contribution in [-0.4, -0.2) is 16.9 Å². The number of nitrogens with two attached hydrogens (primary N) is 1. The summed E-state index contributed by atoms with van der Waals surface area (Å²) in [5.74, 6) is -0.275. The molecule has 2 rings (SSSR count). The SMILES string of the molecule is CN(Cc1ccc(Br)cc1)Cc1ccc(C(N)=S)cc1F. The van der Waals surface area contributed by atoms with Crippen molar-refractivity contribution in [3.63, 3.8) is 0 Å². The first kappa shape index (κ1) is 16.1. The third kappa shape index (κ3) is 4.59. The van der Waals surface area contributed by atoms with Crippen molar-refractivity contribution in [1.82, 2.24) is 4.90 Å². The zero-order chi connectivity index (χ0) is 15.4. The highest BCUT2D eigenvalue weighted by Gasteiger charge is 2.08. The summed E-state index contributed by atoms with van der Waals surface area (Å²) >= 11 is 8.26. The monoisotopic (exact) mass is 366 g/mol. The van der Waals surface area contributed by atoms with Crippen LogP contribution in [0.5, 0.6) is 0 Å². The van der Waals surface area contributed by atoms with Crippen molar-refractivity contribution in [2.75, 3.05) is 7.05 Å². The van der Waals surface area contributed by atoms with Crippen LogP contribution in [-0.2, 0) is 13.1 Å². The predicted octanol–water partition coefficient (Wildman–Crippen LogP) is 3.85. The normalized spacial score (nSPS) is 10.9. The minimum absolute atomic E-state index is 0.212. The minimum Gasteiger partial charge on any atom is -0.389 e. The highest BCUT2D eigenvalue weighted by atomic mass is 79.9. The van der Waals surface area contributed by atoms with Gasteiger partial charge in [-0.1, -0.05) is 52.4 Å². The lowest BCUT2D eigenvalue weighted by atomic mass is 10.1. The van der Waals surface area contributed by atoms with Gasteiger partial charge in [-0.05, 0) is 30.8 Å². The van der Waals surface area contributed by atoms with E-state index in [0.29, 0.717) is 17.7 Å². The molecule has 0 spiro atoms. The summed E-state index contributed by atoms with van der Waals surface area (Å²) in [6.07, 6.45) is 0. The van der Waals surface area contributed by atoms with Crippen molar-refractivity contribution in [2.45, 2.75) is 13.1 Å². The van der Waals surface area contributed by atoms with Crippen molar-refractivity contribution in [1.29, 1.82) is 0 Å². The average Bonchev–Trinajstić information content (AvgIpc) is 2.43. The molecule has 5 heteroatoms. The molecule has 0 aromatic heterocycles. The molecule has 0 atom stereocenters. The molecule has 110 valence electrons. The van der Waals surface area contributed by atoms with E-state index in [1.165, 1.54) is 11.6 Å². The topological polar surface area (TPSA) is 29.3 Å². The molecule has 0 aliphatic rings. The van der Waals surface area contributed by atoms with Gasteiger partial charge in [0.2, 0.25) is 0 Å². The summed E-state index contributed by atoms with van der Waals surface area (Å²) < 4.78 is 15.1. The Bertz CT molecular complexity index is 643. The van der Waals surface area contributed by atoms with Crippen LogP contribution in [0.3, 0.4) is 0 Å². The lowest BCUT2D eigenvalue weighted by Gasteiger charge is -2.17. The van der Waals surface area contributed by atoms with Gasteiger partial charge in [0.15, 0.2) is 0 Å². The molecule has 0 amide bonds. The van der Waals surface area contributed by atoms with E-state index in [0.717, 1.165) is 11.0 Å². The first-order chi connectivity index (χ1) is 9.95. The number of rotatable bonds is 5. The molecule has 2 aromatic carbocycles. The van der Waals surface area contributed by atoms with E-state index >= 15 is 0 Å². The summed E-state index contributed by atoms with van der Waals surface area (Å²) in [5.41, 5.74) is 7.87. The molecule has 2 nitrogen and oxygen atoms in total. The maximum Gasteiger partial charge on any atom is 0.128 e. The second-order valence-corrected chi connectivity index (χ2v) is 6.32. The Morgan fingerprint density at radius 1 is 1.19 bits per heavy atom. The Labute approximate surface area is 137 Å². The van der Waals surface area contributed by atoms with Crippen molar-refractivity contribution < 1.29 is 4.39 Å². The Kier molecular flexibility index (Phi) is 5.45. The van der Waals surface area contributed by atoms with Crippen LogP contribution >= 0.6 is 28.1 Å². The molecule has 2 aromatic rings. The van der Waals surface area contributed by atoms with Crippen LogP contribution < -0.4 is 5.73 Å². The van der Waals surface area contributed by atoms with Gasteiger partial charge in [-0.3, -0.25) is 4.90 Å². The lowest BCUT2D eigenvalue weighted by molar-refractivity contribution is 0.313. The predicted molar refractivity (Wildman–Crippen MR) is 91.6 cm³/mol. The zero-order valence-corrected chi connectivity index (χ0v) is 14.0. The van der Waals surface area contributed by atoms with Gasteiger partial charge in [0.25, 0.3) is 0 Å². The molecule has 0 saturated heterocycles. The number of hydrogen-bond donors (Lipinski definition) is 1. The molecule has 21 heavy (non-hydrogen) atoms. The average molecular weight is 367 g/mol. The zero-order valence-electron chi connectivity index (χ0n) is 11.6. The number of benzene rings is 2. The smallest absolute Gasteiger partial charge is 0.128 e. The van der Waals surface area contributed by atoms with Gasteiger partial charge in [-0.2, -0.15) is 0 Å². The fourth-order valence-corrected chi connectivity index (χ4v) is 2.47. The molecule has 0 saturated carbocycles. The molecular formula is C16H16BrFN2S. The van der Waals surface area contributed by atoms with Crippen molar-refractivity contribution >= 4 is 33.1 Å². The quantitative estimate of drug-likeness (QED) is 0.814. The van der Waals surface area contributed by atoms with Gasteiger partial charge < -0.3 is 5.73 Å². The van der Waals surface area contributed by atoms with E-state index < -0.39 is 0 Å². The Morgan fingerprint density at radius 2 is 1.86 bits per heavy atom. The van der Waals surface area contributed by atoms with E-state index in [4.69, 9.17) is 18.0 Å². The number of hydrogen-bond acceptors (Lipinski definition) is 2. The summed E-state index contributed by atoms with van der Waals surface area (Å²) in [7, 11) is 1.96. The Hall–Kier alpha value is -1.30. The second kappa shape index (κ2) is 7.11. The fourth-order valence-electron chi connectivity index (χ4n) is 2.08. The fraction of sp³-hybridized carbons (Fsp3) is 0.188. The highest BCUT2D eigenvalue weighted by molar-refractivity contribution is 9.10. The summed E-state index contributed by atoms with van der Waals surface area (Å²) in [6.45, 7) is 1.28. The van der Waals surface area contributed by atoms with Crippen LogP contribution in [0.2, 0.25) is 0 Å². The second-order valence-electron chi connectivity index (χ2n) is 4.97. The van der Waals surface area contributed by atoms with E-state index in [9.17, 15) is 4.39 Å². The van der Waals surface area contributed by atoms with Gasteiger partial charge in [0.1, 0.15) is 10.8 Å². The summed E-state index contributed by atoms with van der Waals surface area (Å²) in [4.78, 5) is 2.27. The molecule has 0 aliphatic carbocycles. The molecule has 0 radical (unpaired) electrons. The minimum atomic E-state index is -0.275. The van der Waals surface area contributed by atoms with E-state index in [2.05, 4.69) is 20.8 Å². The molecule has 0 bridgehead atoms. The van der Waals surface area contributed by atoms with Gasteiger partial charge in [0.05, 0.1) is 0 Å². The van der Waals surface area contributed by atoms with Crippen LogP contribution in [0, 0.1) is 5.82 Å². The van der Waals surface area contributed by atoms with Crippen LogP contribution in [0.25, 0.3) is 0 Å². The molecule has 0 fully saturated rings. The molecule has 0 aliphatic heterocycles.